The molecule has 2 amide bonds. The molecule has 102 valence electrons. The average molecular weight is 254 g/mol. The lowest BCUT2D eigenvalue weighted by atomic mass is 10.0. The van der Waals surface area contributed by atoms with Crippen LogP contribution in [-0.4, -0.2) is 41.1 Å². The fourth-order valence-electron chi connectivity index (χ4n) is 2.33. The van der Waals surface area contributed by atoms with Crippen LogP contribution in [0.25, 0.3) is 0 Å². The van der Waals surface area contributed by atoms with Gasteiger partial charge >= 0.3 is 12.0 Å². The fourth-order valence-corrected chi connectivity index (χ4v) is 2.33. The number of carbonyl (C=O) groups is 2. The Kier molecular flexibility index (Phi) is 5.19. The Hall–Kier alpha value is -1.52. The first-order chi connectivity index (χ1) is 8.45. The fraction of sp³-hybridized carbons (Fsp3) is 0.692. The molecule has 1 aliphatic carbocycles. The van der Waals surface area contributed by atoms with E-state index < -0.39 is 11.9 Å². The van der Waals surface area contributed by atoms with Gasteiger partial charge in [-0.2, -0.15) is 0 Å². The van der Waals surface area contributed by atoms with E-state index in [0.29, 0.717) is 19.5 Å². The summed E-state index contributed by atoms with van der Waals surface area (Å²) in [5.74, 6) is -1.27. The Morgan fingerprint density at radius 1 is 1.44 bits per heavy atom. The van der Waals surface area contributed by atoms with E-state index in [1.165, 1.54) is 0 Å². The van der Waals surface area contributed by atoms with Gasteiger partial charge in [-0.25, -0.2) is 4.79 Å². The van der Waals surface area contributed by atoms with Gasteiger partial charge < -0.3 is 15.3 Å². The monoisotopic (exact) mass is 254 g/mol. The zero-order valence-electron chi connectivity index (χ0n) is 11.1. The zero-order valence-corrected chi connectivity index (χ0v) is 11.1. The van der Waals surface area contributed by atoms with Crippen LogP contribution in [0.3, 0.4) is 0 Å². The van der Waals surface area contributed by atoms with Gasteiger partial charge in [-0.15, -0.1) is 0 Å². The predicted molar refractivity (Wildman–Crippen MR) is 69.4 cm³/mol. The number of carboxylic acids is 1. The molecule has 5 heteroatoms. The van der Waals surface area contributed by atoms with Crippen LogP contribution in [0.15, 0.2) is 12.2 Å². The van der Waals surface area contributed by atoms with E-state index in [-0.39, 0.29) is 12.1 Å². The summed E-state index contributed by atoms with van der Waals surface area (Å²) in [5, 5.41) is 11.9. The second-order valence-corrected chi connectivity index (χ2v) is 4.90. The molecule has 0 aliphatic heterocycles. The molecule has 1 fully saturated rings. The van der Waals surface area contributed by atoms with Gasteiger partial charge in [0.1, 0.15) is 0 Å². The third-order valence-electron chi connectivity index (χ3n) is 3.27. The van der Waals surface area contributed by atoms with Crippen molar-refractivity contribution in [1.82, 2.24) is 10.2 Å². The van der Waals surface area contributed by atoms with Crippen molar-refractivity contribution in [2.75, 3.05) is 13.1 Å². The summed E-state index contributed by atoms with van der Waals surface area (Å²) in [7, 11) is 0. The number of hydrogen-bond acceptors (Lipinski definition) is 2. The van der Waals surface area contributed by atoms with Crippen molar-refractivity contribution in [3.63, 3.8) is 0 Å². The third-order valence-corrected chi connectivity index (χ3v) is 3.27. The van der Waals surface area contributed by atoms with E-state index in [0.717, 1.165) is 18.4 Å². The van der Waals surface area contributed by atoms with Crippen LogP contribution in [0.1, 0.15) is 33.1 Å². The Bertz CT molecular complexity index is 341. The number of rotatable bonds is 5. The van der Waals surface area contributed by atoms with Gasteiger partial charge in [0.2, 0.25) is 0 Å². The van der Waals surface area contributed by atoms with Crippen LogP contribution < -0.4 is 5.32 Å². The van der Waals surface area contributed by atoms with E-state index in [9.17, 15) is 9.59 Å². The molecule has 1 rings (SSSR count). The minimum Gasteiger partial charge on any atom is -0.481 e. The molecule has 0 aromatic carbocycles. The van der Waals surface area contributed by atoms with E-state index in [1.807, 2.05) is 13.8 Å². The maximum absolute atomic E-state index is 12.0. The molecular weight excluding hydrogens is 232 g/mol. The lowest BCUT2D eigenvalue weighted by Gasteiger charge is -2.25. The highest BCUT2D eigenvalue weighted by atomic mass is 16.4. The molecule has 0 heterocycles. The summed E-state index contributed by atoms with van der Waals surface area (Å²) in [6.07, 6.45) is 2.24. The number of aliphatic carboxylic acids is 1. The molecule has 1 aliphatic rings. The molecule has 2 N–H and O–H groups in total. The van der Waals surface area contributed by atoms with Gasteiger partial charge in [-0.3, -0.25) is 4.79 Å². The largest absolute Gasteiger partial charge is 0.481 e. The molecular formula is C13H22N2O3. The molecule has 0 bridgehead atoms. The van der Waals surface area contributed by atoms with Gasteiger partial charge in [0.25, 0.3) is 0 Å². The van der Waals surface area contributed by atoms with Crippen LogP contribution in [0.5, 0.6) is 0 Å². The number of carboxylic acid groups (broad SMARTS) is 1. The van der Waals surface area contributed by atoms with Crippen molar-refractivity contribution in [1.29, 1.82) is 0 Å². The van der Waals surface area contributed by atoms with E-state index in [2.05, 4.69) is 11.9 Å². The maximum Gasteiger partial charge on any atom is 0.317 e. The van der Waals surface area contributed by atoms with Gasteiger partial charge in [0.05, 0.1) is 5.92 Å². The second-order valence-electron chi connectivity index (χ2n) is 4.90. The number of urea groups is 1. The highest BCUT2D eigenvalue weighted by molar-refractivity contribution is 5.77. The van der Waals surface area contributed by atoms with Crippen LogP contribution >= 0.6 is 0 Å². The SMILES string of the molecule is C=C(C)CN(CC)C(=O)NC1CCCC1C(=O)O. The highest BCUT2D eigenvalue weighted by Crippen LogP contribution is 2.25. The highest BCUT2D eigenvalue weighted by Gasteiger charge is 2.34. The number of nitrogens with one attached hydrogen (secondary N) is 1. The molecule has 5 nitrogen and oxygen atoms in total. The molecule has 0 saturated heterocycles. The number of hydrogen-bond donors (Lipinski definition) is 2. The predicted octanol–water partition coefficient (Wildman–Crippen LogP) is 1.85. The smallest absolute Gasteiger partial charge is 0.317 e. The van der Waals surface area contributed by atoms with Gasteiger partial charge in [0, 0.05) is 19.1 Å². The number of likely N-dealkylation sites (N-methyl/N-ethyl adjacent to an activating group) is 1. The molecule has 0 spiro atoms. The van der Waals surface area contributed by atoms with Gasteiger partial charge in [-0.05, 0) is 26.7 Å². The molecule has 0 radical (unpaired) electrons. The van der Waals surface area contributed by atoms with Crippen LogP contribution in [0.4, 0.5) is 4.79 Å². The summed E-state index contributed by atoms with van der Waals surface area (Å²) in [5.41, 5.74) is 0.910. The summed E-state index contributed by atoms with van der Waals surface area (Å²) in [4.78, 5) is 24.7. The van der Waals surface area contributed by atoms with E-state index >= 15 is 0 Å². The summed E-state index contributed by atoms with van der Waals surface area (Å²) < 4.78 is 0. The quantitative estimate of drug-likeness (QED) is 0.736. The van der Waals surface area contributed by atoms with Crippen molar-refractivity contribution in [3.8, 4) is 0 Å². The van der Waals surface area contributed by atoms with Crippen molar-refractivity contribution in [2.24, 2.45) is 5.92 Å². The third kappa shape index (κ3) is 3.75. The first-order valence-corrected chi connectivity index (χ1v) is 6.38. The topological polar surface area (TPSA) is 69.6 Å². The molecule has 18 heavy (non-hydrogen) atoms. The number of amides is 2. The first-order valence-electron chi connectivity index (χ1n) is 6.38. The second kappa shape index (κ2) is 6.42. The Morgan fingerprint density at radius 2 is 2.11 bits per heavy atom. The molecule has 2 atom stereocenters. The van der Waals surface area contributed by atoms with Gasteiger partial charge in [0.15, 0.2) is 0 Å². The van der Waals surface area contributed by atoms with Gasteiger partial charge in [-0.1, -0.05) is 18.6 Å². The van der Waals surface area contributed by atoms with Crippen molar-refractivity contribution >= 4 is 12.0 Å². The lowest BCUT2D eigenvalue weighted by molar-refractivity contribution is -0.142. The lowest BCUT2D eigenvalue weighted by Crippen LogP contribution is -2.47. The van der Waals surface area contributed by atoms with E-state index in [4.69, 9.17) is 5.11 Å². The Labute approximate surface area is 108 Å². The zero-order chi connectivity index (χ0) is 13.7. The standard InChI is InChI=1S/C13H22N2O3/c1-4-15(8-9(2)3)13(18)14-11-7-5-6-10(11)12(16)17/h10-11H,2,4-8H2,1,3H3,(H,14,18)(H,16,17). The minimum atomic E-state index is -0.819. The van der Waals surface area contributed by atoms with E-state index in [1.54, 1.807) is 4.90 Å². The molecule has 0 aromatic heterocycles. The Morgan fingerprint density at radius 3 is 2.61 bits per heavy atom. The Balaban J connectivity index is 2.57. The van der Waals surface area contributed by atoms with Crippen LogP contribution in [0, 0.1) is 5.92 Å². The molecule has 0 aromatic rings. The summed E-state index contributed by atoms with van der Waals surface area (Å²) in [6, 6.07) is -0.437. The normalized spacial score (nSPS) is 22.6. The summed E-state index contributed by atoms with van der Waals surface area (Å²) >= 11 is 0. The van der Waals surface area contributed by atoms with Crippen LogP contribution in [-0.2, 0) is 4.79 Å². The number of carbonyl (C=O) groups excluding carboxylic acids is 1. The number of nitrogens with zero attached hydrogens (tertiary/aromatic N) is 1. The van der Waals surface area contributed by atoms with Crippen molar-refractivity contribution in [3.05, 3.63) is 12.2 Å². The van der Waals surface area contributed by atoms with Crippen molar-refractivity contribution in [2.45, 2.75) is 39.2 Å². The first kappa shape index (κ1) is 14.5. The molecule has 2 unspecified atom stereocenters. The average Bonchev–Trinajstić information content (AvgIpc) is 2.73. The molecule has 1 saturated carbocycles. The maximum atomic E-state index is 12.0. The summed E-state index contributed by atoms with van der Waals surface area (Å²) in [6.45, 7) is 8.64. The van der Waals surface area contributed by atoms with Crippen molar-refractivity contribution < 1.29 is 14.7 Å². The minimum absolute atomic E-state index is 0.196. The van der Waals surface area contributed by atoms with Crippen LogP contribution in [0.2, 0.25) is 0 Å².